The van der Waals surface area contributed by atoms with Crippen LogP contribution in [0.1, 0.15) is 46.4 Å². The van der Waals surface area contributed by atoms with E-state index in [2.05, 4.69) is 9.88 Å². The number of halogens is 3. The average molecular weight is 502 g/mol. The average Bonchev–Trinajstić information content (AvgIpc) is 3.57. The summed E-state index contributed by atoms with van der Waals surface area (Å²) < 4.78 is 34.2. The summed E-state index contributed by atoms with van der Waals surface area (Å²) in [4.78, 5) is 18.0. The molecule has 3 N–H and O–H groups in total. The fraction of sp³-hybridized carbons (Fsp3) is 0.444. The van der Waals surface area contributed by atoms with Gasteiger partial charge in [-0.25, -0.2) is 8.78 Å². The van der Waals surface area contributed by atoms with Gasteiger partial charge in [-0.15, -0.1) is 12.4 Å². The Bertz CT molecular complexity index is 1270. The number of nitrogens with one attached hydrogen (secondary N) is 1. The molecule has 1 fully saturated rings. The molecule has 0 unspecified atom stereocenters. The Hall–Kier alpha value is -2.64. The molecular formula is C27H30ClF2N3O2. The van der Waals surface area contributed by atoms with E-state index in [1.807, 2.05) is 6.07 Å². The number of aromatic amines is 1. The second kappa shape index (κ2) is 9.43. The van der Waals surface area contributed by atoms with E-state index in [4.69, 9.17) is 10.5 Å². The summed E-state index contributed by atoms with van der Waals surface area (Å²) in [5.74, 6) is 0.0902. The normalized spacial score (nSPS) is 21.2. The first-order valence-corrected chi connectivity index (χ1v) is 12.2. The Morgan fingerprint density at radius 2 is 1.86 bits per heavy atom. The molecule has 35 heavy (non-hydrogen) atoms. The van der Waals surface area contributed by atoms with Crippen LogP contribution < -0.4 is 10.5 Å². The van der Waals surface area contributed by atoms with Crippen molar-refractivity contribution in [2.45, 2.75) is 44.6 Å². The van der Waals surface area contributed by atoms with Crippen LogP contribution in [-0.2, 0) is 19.3 Å². The van der Waals surface area contributed by atoms with Gasteiger partial charge in [0, 0.05) is 46.9 Å². The number of benzene rings is 2. The molecule has 1 saturated carbocycles. The Morgan fingerprint density at radius 1 is 1.06 bits per heavy atom. The van der Waals surface area contributed by atoms with E-state index in [0.29, 0.717) is 36.0 Å². The lowest BCUT2D eigenvalue weighted by Crippen LogP contribution is -2.47. The number of ether oxygens (including phenoxy) is 1. The molecule has 2 aliphatic carbocycles. The summed E-state index contributed by atoms with van der Waals surface area (Å²) in [6.07, 6.45) is 5.94. The summed E-state index contributed by atoms with van der Waals surface area (Å²) >= 11 is 0. The Labute approximate surface area is 209 Å². The molecule has 0 spiro atoms. The van der Waals surface area contributed by atoms with Crippen LogP contribution in [0.3, 0.4) is 0 Å². The van der Waals surface area contributed by atoms with Crippen molar-refractivity contribution in [2.75, 3.05) is 19.7 Å². The van der Waals surface area contributed by atoms with Gasteiger partial charge in [-0.2, -0.15) is 0 Å². The Kier molecular flexibility index (Phi) is 6.49. The molecular weight excluding hydrogens is 472 g/mol. The third-order valence-electron chi connectivity index (χ3n) is 7.79. The van der Waals surface area contributed by atoms with Gasteiger partial charge < -0.3 is 15.5 Å². The van der Waals surface area contributed by atoms with Gasteiger partial charge in [0.25, 0.3) is 0 Å². The number of H-pyrrole nitrogens is 1. The highest BCUT2D eigenvalue weighted by molar-refractivity contribution is 5.95. The molecule has 3 aliphatic rings. The van der Waals surface area contributed by atoms with E-state index in [-0.39, 0.29) is 30.0 Å². The molecule has 2 heterocycles. The van der Waals surface area contributed by atoms with Crippen LogP contribution in [0.25, 0.3) is 10.9 Å². The van der Waals surface area contributed by atoms with Crippen molar-refractivity contribution in [1.29, 1.82) is 0 Å². The van der Waals surface area contributed by atoms with Crippen LogP contribution in [-0.4, -0.2) is 41.5 Å². The number of aromatic nitrogens is 1. The topological polar surface area (TPSA) is 71.4 Å². The predicted octanol–water partition coefficient (Wildman–Crippen LogP) is 4.79. The fourth-order valence-corrected chi connectivity index (χ4v) is 5.85. The quantitative estimate of drug-likeness (QED) is 0.510. The van der Waals surface area contributed by atoms with Gasteiger partial charge in [0.1, 0.15) is 12.4 Å². The molecule has 3 aromatic rings. The summed E-state index contributed by atoms with van der Waals surface area (Å²) in [6, 6.07) is 7.75. The lowest BCUT2D eigenvalue weighted by Gasteiger charge is -2.38. The van der Waals surface area contributed by atoms with E-state index in [0.717, 1.165) is 43.3 Å². The SMILES string of the molecule is Cl.NC(=O)c1ccc(F)c2c1C[C@@H](N(CC1CC1)C[C@H]1CCc3[nH]c4ccc(F)cc4c3C1)CO2. The summed E-state index contributed by atoms with van der Waals surface area (Å²) in [5, 5.41) is 0.991. The van der Waals surface area contributed by atoms with Crippen molar-refractivity contribution in [2.24, 2.45) is 17.6 Å². The molecule has 2 atom stereocenters. The summed E-state index contributed by atoms with van der Waals surface area (Å²) in [6.45, 7) is 2.29. The maximum absolute atomic E-state index is 14.4. The Balaban J connectivity index is 0.00000253. The minimum Gasteiger partial charge on any atom is -0.489 e. The van der Waals surface area contributed by atoms with Crippen LogP contribution in [0.5, 0.6) is 5.75 Å². The molecule has 1 aromatic heterocycles. The van der Waals surface area contributed by atoms with Crippen molar-refractivity contribution in [3.05, 3.63) is 64.4 Å². The number of nitrogens with zero attached hydrogens (tertiary/aromatic N) is 1. The third kappa shape index (κ3) is 4.64. The number of amides is 1. The van der Waals surface area contributed by atoms with Crippen molar-refractivity contribution in [3.63, 3.8) is 0 Å². The van der Waals surface area contributed by atoms with Gasteiger partial charge in [0.15, 0.2) is 11.6 Å². The van der Waals surface area contributed by atoms with Gasteiger partial charge in [-0.3, -0.25) is 9.69 Å². The molecule has 0 bridgehead atoms. The highest BCUT2D eigenvalue weighted by Crippen LogP contribution is 2.37. The maximum Gasteiger partial charge on any atom is 0.249 e. The van der Waals surface area contributed by atoms with Gasteiger partial charge in [-0.05, 0) is 86.3 Å². The highest BCUT2D eigenvalue weighted by Gasteiger charge is 2.35. The third-order valence-corrected chi connectivity index (χ3v) is 7.79. The second-order valence-corrected chi connectivity index (χ2v) is 10.2. The molecule has 6 rings (SSSR count). The largest absolute Gasteiger partial charge is 0.489 e. The minimum absolute atomic E-state index is 0. The zero-order valence-corrected chi connectivity index (χ0v) is 20.3. The molecule has 186 valence electrons. The van der Waals surface area contributed by atoms with Crippen molar-refractivity contribution < 1.29 is 18.3 Å². The van der Waals surface area contributed by atoms with Gasteiger partial charge in [0.2, 0.25) is 5.91 Å². The fourth-order valence-electron chi connectivity index (χ4n) is 5.85. The number of carbonyl (C=O) groups excluding carboxylic acids is 1. The van der Waals surface area contributed by atoms with Crippen LogP contribution in [0.15, 0.2) is 30.3 Å². The van der Waals surface area contributed by atoms with Crippen molar-refractivity contribution in [1.82, 2.24) is 9.88 Å². The first kappa shape index (κ1) is 24.1. The number of primary amides is 1. The number of carbonyl (C=O) groups is 1. The van der Waals surface area contributed by atoms with E-state index in [9.17, 15) is 13.6 Å². The molecule has 5 nitrogen and oxygen atoms in total. The van der Waals surface area contributed by atoms with Crippen LogP contribution in [0.4, 0.5) is 8.78 Å². The second-order valence-electron chi connectivity index (χ2n) is 10.2. The molecule has 0 saturated heterocycles. The Morgan fingerprint density at radius 3 is 2.63 bits per heavy atom. The first-order valence-electron chi connectivity index (χ1n) is 12.2. The zero-order valence-electron chi connectivity index (χ0n) is 19.5. The summed E-state index contributed by atoms with van der Waals surface area (Å²) in [7, 11) is 0. The molecule has 8 heteroatoms. The lowest BCUT2D eigenvalue weighted by atomic mass is 9.85. The van der Waals surface area contributed by atoms with E-state index < -0.39 is 11.7 Å². The molecule has 1 amide bonds. The molecule has 1 aliphatic heterocycles. The summed E-state index contributed by atoms with van der Waals surface area (Å²) in [5.41, 5.74) is 9.97. The standard InChI is InChI=1S/C27H29F2N3O2.ClH/c28-17-4-8-25-21(10-17)20-9-16(3-7-24(20)31-25)13-32(12-15-1-2-15)18-11-22-19(27(30)33)5-6-23(29)26(22)34-14-18;/h4-6,8,10,15-16,18,31H,1-3,7,9,11-14H2,(H2,30,33);1H/t16-,18+;/m0./s1. The van der Waals surface area contributed by atoms with Crippen molar-refractivity contribution in [3.8, 4) is 5.75 Å². The van der Waals surface area contributed by atoms with Crippen LogP contribution in [0, 0.1) is 23.5 Å². The van der Waals surface area contributed by atoms with Gasteiger partial charge in [-0.1, -0.05) is 0 Å². The smallest absolute Gasteiger partial charge is 0.249 e. The maximum atomic E-state index is 14.4. The monoisotopic (exact) mass is 501 g/mol. The van der Waals surface area contributed by atoms with Gasteiger partial charge in [0.05, 0.1) is 0 Å². The number of rotatable bonds is 6. The number of fused-ring (bicyclic) bond motifs is 4. The van der Waals surface area contributed by atoms with E-state index in [1.165, 1.54) is 42.3 Å². The minimum atomic E-state index is -0.555. The van der Waals surface area contributed by atoms with Crippen LogP contribution >= 0.6 is 12.4 Å². The number of hydrogen-bond donors (Lipinski definition) is 2. The lowest BCUT2D eigenvalue weighted by molar-refractivity contribution is 0.0910. The van der Waals surface area contributed by atoms with E-state index in [1.54, 1.807) is 6.07 Å². The van der Waals surface area contributed by atoms with Gasteiger partial charge >= 0.3 is 0 Å². The predicted molar refractivity (Wildman–Crippen MR) is 133 cm³/mol. The molecule has 0 radical (unpaired) electrons. The zero-order chi connectivity index (χ0) is 23.4. The number of aryl methyl sites for hydroxylation is 1. The number of nitrogens with two attached hydrogens (primary N) is 1. The first-order chi connectivity index (χ1) is 16.5. The van der Waals surface area contributed by atoms with Crippen molar-refractivity contribution >= 4 is 29.2 Å². The molecule has 2 aromatic carbocycles. The van der Waals surface area contributed by atoms with E-state index >= 15 is 0 Å². The highest BCUT2D eigenvalue weighted by atomic mass is 35.5. The number of hydrogen-bond acceptors (Lipinski definition) is 3. The van der Waals surface area contributed by atoms with Crippen LogP contribution in [0.2, 0.25) is 0 Å².